The molecule has 2 aromatic rings. The second-order valence-electron chi connectivity index (χ2n) is 6.10. The Kier molecular flexibility index (Phi) is 6.96. The summed E-state index contributed by atoms with van der Waals surface area (Å²) < 4.78 is 5.51. The molecule has 1 aromatic carbocycles. The van der Waals surface area contributed by atoms with Gasteiger partial charge in [-0.05, 0) is 48.6 Å². The van der Waals surface area contributed by atoms with Crippen LogP contribution in [0.15, 0.2) is 46.7 Å². The van der Waals surface area contributed by atoms with E-state index in [2.05, 4.69) is 35.4 Å². The van der Waals surface area contributed by atoms with E-state index in [1.807, 2.05) is 18.2 Å². The summed E-state index contributed by atoms with van der Waals surface area (Å²) in [4.78, 5) is 17.9. The van der Waals surface area contributed by atoms with Crippen molar-refractivity contribution in [2.75, 3.05) is 25.5 Å². The van der Waals surface area contributed by atoms with Gasteiger partial charge in [-0.1, -0.05) is 25.1 Å². The Morgan fingerprint density at radius 3 is 2.76 bits per heavy atom. The lowest BCUT2D eigenvalue weighted by Crippen LogP contribution is -2.44. The summed E-state index contributed by atoms with van der Waals surface area (Å²) in [6.45, 7) is 4.39. The lowest BCUT2D eigenvalue weighted by atomic mass is 10.0. The lowest BCUT2D eigenvalue weighted by molar-refractivity contribution is 0.0292. The van der Waals surface area contributed by atoms with Gasteiger partial charge in [-0.2, -0.15) is 0 Å². The fourth-order valence-electron chi connectivity index (χ4n) is 3.21. The third kappa shape index (κ3) is 4.87. The third-order valence-electron chi connectivity index (χ3n) is 4.49. The predicted molar refractivity (Wildman–Crippen MR) is 106 cm³/mol. The Bertz CT molecular complexity index is 666. The van der Waals surface area contributed by atoms with Gasteiger partial charge in [-0.3, -0.25) is 4.79 Å². The Balaban J connectivity index is 1.80. The summed E-state index contributed by atoms with van der Waals surface area (Å²) in [6, 6.07) is 12.5. The van der Waals surface area contributed by atoms with Crippen molar-refractivity contribution >= 4 is 29.0 Å². The van der Waals surface area contributed by atoms with Crippen LogP contribution in [-0.2, 0) is 11.2 Å². The molecule has 0 spiro atoms. The van der Waals surface area contributed by atoms with Gasteiger partial charge in [0.15, 0.2) is 0 Å². The van der Waals surface area contributed by atoms with E-state index in [4.69, 9.17) is 4.74 Å². The van der Waals surface area contributed by atoms with Crippen molar-refractivity contribution in [2.45, 2.75) is 37.1 Å². The van der Waals surface area contributed by atoms with Crippen LogP contribution in [-0.4, -0.2) is 42.4 Å². The lowest BCUT2D eigenvalue weighted by Gasteiger charge is -2.34. The van der Waals surface area contributed by atoms with Gasteiger partial charge in [0.25, 0.3) is 5.91 Å². The van der Waals surface area contributed by atoms with Crippen molar-refractivity contribution in [3.05, 3.63) is 52.2 Å². The van der Waals surface area contributed by atoms with Gasteiger partial charge < -0.3 is 9.64 Å². The van der Waals surface area contributed by atoms with Crippen molar-refractivity contribution in [2.24, 2.45) is 0 Å². The number of benzene rings is 1. The van der Waals surface area contributed by atoms with Crippen molar-refractivity contribution in [3.63, 3.8) is 0 Å². The van der Waals surface area contributed by atoms with Gasteiger partial charge in [0, 0.05) is 35.6 Å². The molecule has 1 saturated heterocycles. The number of hydrogen-bond acceptors (Lipinski definition) is 4. The molecule has 0 unspecified atom stereocenters. The zero-order valence-electron chi connectivity index (χ0n) is 14.6. The average Bonchev–Trinajstić information content (AvgIpc) is 3.17. The smallest absolute Gasteiger partial charge is 0.255 e. The average molecular weight is 376 g/mol. The number of thioether (sulfide) groups is 1. The molecule has 1 fully saturated rings. The van der Waals surface area contributed by atoms with Crippen molar-refractivity contribution in [1.29, 1.82) is 0 Å². The Hall–Kier alpha value is -1.30. The molecule has 1 aliphatic heterocycles. The van der Waals surface area contributed by atoms with Crippen molar-refractivity contribution in [1.82, 2.24) is 4.90 Å². The summed E-state index contributed by atoms with van der Waals surface area (Å²) >= 11 is 3.50. The summed E-state index contributed by atoms with van der Waals surface area (Å²) in [5.41, 5.74) is 0.840. The molecule has 0 saturated carbocycles. The quantitative estimate of drug-likeness (QED) is 0.656. The Morgan fingerprint density at radius 1 is 1.24 bits per heavy atom. The van der Waals surface area contributed by atoms with Gasteiger partial charge in [0.1, 0.15) is 0 Å². The van der Waals surface area contributed by atoms with Crippen molar-refractivity contribution in [3.8, 4) is 0 Å². The second kappa shape index (κ2) is 9.41. The van der Waals surface area contributed by atoms with Crippen LogP contribution in [0.3, 0.4) is 0 Å². The molecule has 1 aliphatic rings. The zero-order valence-corrected chi connectivity index (χ0v) is 16.3. The van der Waals surface area contributed by atoms with Crippen LogP contribution in [0.5, 0.6) is 0 Å². The monoisotopic (exact) mass is 375 g/mol. The highest BCUT2D eigenvalue weighted by molar-refractivity contribution is 7.99. The topological polar surface area (TPSA) is 29.5 Å². The molecule has 0 radical (unpaired) electrons. The number of carbonyl (C=O) groups excluding carboxylic acids is 1. The van der Waals surface area contributed by atoms with Gasteiger partial charge in [0.2, 0.25) is 0 Å². The number of ether oxygens (including phenoxy) is 1. The SMILES string of the molecule is CCSc1ccccc1C(=O)N(CCc1cccs1)C1CCOCC1. The number of carbonyl (C=O) groups is 1. The molecule has 3 nitrogen and oxygen atoms in total. The molecule has 0 aliphatic carbocycles. The maximum absolute atomic E-state index is 13.4. The van der Waals surface area contributed by atoms with Crippen LogP contribution in [0.4, 0.5) is 0 Å². The van der Waals surface area contributed by atoms with Gasteiger partial charge in [0.05, 0.1) is 5.56 Å². The fraction of sp³-hybridized carbons (Fsp3) is 0.450. The molecule has 5 heteroatoms. The second-order valence-corrected chi connectivity index (χ2v) is 8.44. The van der Waals surface area contributed by atoms with Crippen LogP contribution in [0.1, 0.15) is 35.0 Å². The third-order valence-corrected chi connectivity index (χ3v) is 6.38. The van der Waals surface area contributed by atoms with Gasteiger partial charge in [-0.15, -0.1) is 23.1 Å². The first-order chi connectivity index (χ1) is 12.3. The highest BCUT2D eigenvalue weighted by Gasteiger charge is 2.27. The molecule has 1 aromatic heterocycles. The molecule has 25 heavy (non-hydrogen) atoms. The zero-order chi connectivity index (χ0) is 17.5. The highest BCUT2D eigenvalue weighted by Crippen LogP contribution is 2.26. The summed E-state index contributed by atoms with van der Waals surface area (Å²) in [5, 5.41) is 2.10. The minimum Gasteiger partial charge on any atom is -0.381 e. The van der Waals surface area contributed by atoms with Crippen LogP contribution in [0.25, 0.3) is 0 Å². The molecule has 2 heterocycles. The minimum absolute atomic E-state index is 0.167. The first-order valence-electron chi connectivity index (χ1n) is 8.92. The van der Waals surface area contributed by atoms with E-state index in [0.29, 0.717) is 0 Å². The van der Waals surface area contributed by atoms with Crippen LogP contribution >= 0.6 is 23.1 Å². The van der Waals surface area contributed by atoms with Crippen LogP contribution < -0.4 is 0 Å². The molecule has 3 rings (SSSR count). The van der Waals surface area contributed by atoms with E-state index in [1.54, 1.807) is 23.1 Å². The maximum Gasteiger partial charge on any atom is 0.255 e. The number of hydrogen-bond donors (Lipinski definition) is 0. The standard InChI is InChI=1S/C20H25NO2S2/c1-2-24-19-8-4-3-7-18(19)20(22)21(16-10-13-23-14-11-16)12-9-17-6-5-15-25-17/h3-8,15-16H,2,9-14H2,1H3. The minimum atomic E-state index is 0.167. The molecule has 0 bridgehead atoms. The predicted octanol–water partition coefficient (Wildman–Crippen LogP) is 4.72. The maximum atomic E-state index is 13.4. The molecule has 134 valence electrons. The molecule has 0 N–H and O–H groups in total. The van der Waals surface area contributed by atoms with E-state index in [1.165, 1.54) is 4.88 Å². The molecular weight excluding hydrogens is 350 g/mol. The van der Waals surface area contributed by atoms with E-state index < -0.39 is 0 Å². The highest BCUT2D eigenvalue weighted by atomic mass is 32.2. The fourth-order valence-corrected chi connectivity index (χ4v) is 4.71. The summed E-state index contributed by atoms with van der Waals surface area (Å²) in [6.07, 6.45) is 2.78. The van der Waals surface area contributed by atoms with E-state index >= 15 is 0 Å². The molecular formula is C20H25NO2S2. The van der Waals surface area contributed by atoms with E-state index in [-0.39, 0.29) is 11.9 Å². The first-order valence-corrected chi connectivity index (χ1v) is 10.8. The molecule has 1 amide bonds. The number of amides is 1. The largest absolute Gasteiger partial charge is 0.381 e. The van der Waals surface area contributed by atoms with Gasteiger partial charge in [-0.25, -0.2) is 0 Å². The number of rotatable bonds is 7. The van der Waals surface area contributed by atoms with Crippen LogP contribution in [0.2, 0.25) is 0 Å². The number of nitrogens with zero attached hydrogens (tertiary/aromatic N) is 1. The Morgan fingerprint density at radius 2 is 2.04 bits per heavy atom. The normalized spacial score (nSPS) is 15.2. The Labute approximate surface area is 158 Å². The van der Waals surface area contributed by atoms with Gasteiger partial charge >= 0.3 is 0 Å². The summed E-state index contributed by atoms with van der Waals surface area (Å²) in [7, 11) is 0. The van der Waals surface area contributed by atoms with Crippen molar-refractivity contribution < 1.29 is 9.53 Å². The van der Waals surface area contributed by atoms with E-state index in [0.717, 1.165) is 55.2 Å². The first kappa shape index (κ1) is 18.5. The number of thiophene rings is 1. The van der Waals surface area contributed by atoms with E-state index in [9.17, 15) is 4.79 Å². The van der Waals surface area contributed by atoms with Crippen LogP contribution in [0, 0.1) is 0 Å². The summed E-state index contributed by atoms with van der Waals surface area (Å²) in [5.74, 6) is 1.14. The molecule has 0 atom stereocenters.